The lowest BCUT2D eigenvalue weighted by Gasteiger charge is -2.37. The van der Waals surface area contributed by atoms with Crippen molar-refractivity contribution in [2.45, 2.75) is 43.5 Å². The van der Waals surface area contributed by atoms with E-state index >= 15 is 0 Å². The molecule has 6 rings (SSSR count). The summed E-state index contributed by atoms with van der Waals surface area (Å²) in [7, 11) is 0. The highest BCUT2D eigenvalue weighted by Gasteiger charge is 2.39. The number of benzene rings is 1. The van der Waals surface area contributed by atoms with Gasteiger partial charge >= 0.3 is 0 Å². The minimum absolute atomic E-state index is 0. The predicted octanol–water partition coefficient (Wildman–Crippen LogP) is 2.34. The number of piperidine rings is 1. The van der Waals surface area contributed by atoms with Crippen molar-refractivity contribution in [2.75, 3.05) is 32.8 Å². The number of hydrogen-bond acceptors (Lipinski definition) is 5. The second-order valence-corrected chi connectivity index (χ2v) is 9.79. The highest BCUT2D eigenvalue weighted by molar-refractivity contribution is 5.94. The minimum atomic E-state index is -0.246. The molecular weight excluding hydrogens is 475 g/mol. The number of amides is 1. The quantitative estimate of drug-likeness (QED) is 0.668. The van der Waals surface area contributed by atoms with Gasteiger partial charge in [0.25, 0.3) is 11.5 Å². The molecule has 1 aromatic carbocycles. The first-order valence-electron chi connectivity index (χ1n) is 11.8. The zero-order valence-corrected chi connectivity index (χ0v) is 20.7. The van der Waals surface area contributed by atoms with Gasteiger partial charge in [0.2, 0.25) is 0 Å². The SMILES string of the molecule is Cl.Cl.O=C(N[C@@H]1C[C@H]2CO[C@@H](c3ccccc3)CN2C1)c1ccc2n(c1=O)C[C@@H]1CNC[C@H]2C1. The van der Waals surface area contributed by atoms with E-state index < -0.39 is 0 Å². The molecule has 0 saturated carbocycles. The second kappa shape index (κ2) is 10.4. The molecular formula is C25H32Cl2N4O3. The molecule has 3 fully saturated rings. The van der Waals surface area contributed by atoms with Gasteiger partial charge in [0, 0.05) is 49.9 Å². The molecule has 1 aromatic heterocycles. The molecule has 4 aliphatic rings. The van der Waals surface area contributed by atoms with Crippen LogP contribution >= 0.6 is 24.8 Å². The van der Waals surface area contributed by atoms with E-state index in [0.717, 1.165) is 44.7 Å². The van der Waals surface area contributed by atoms with Gasteiger partial charge in [-0.25, -0.2) is 0 Å². The molecule has 0 unspecified atom stereocenters. The summed E-state index contributed by atoms with van der Waals surface area (Å²) in [5.41, 5.74) is 2.39. The molecule has 2 N–H and O–H groups in total. The van der Waals surface area contributed by atoms with Crippen molar-refractivity contribution in [1.82, 2.24) is 20.1 Å². The van der Waals surface area contributed by atoms with Crippen molar-refractivity contribution in [2.24, 2.45) is 5.92 Å². The summed E-state index contributed by atoms with van der Waals surface area (Å²) < 4.78 is 7.97. The topological polar surface area (TPSA) is 75.6 Å². The molecule has 34 heavy (non-hydrogen) atoms. The third kappa shape index (κ3) is 4.64. The van der Waals surface area contributed by atoms with Gasteiger partial charge < -0.3 is 19.9 Å². The number of ether oxygens (including phenoxy) is 1. The first kappa shape index (κ1) is 25.2. The maximum absolute atomic E-state index is 13.2. The van der Waals surface area contributed by atoms with Crippen LogP contribution in [0.1, 0.15) is 46.5 Å². The Bertz CT molecular complexity index is 1080. The van der Waals surface area contributed by atoms with E-state index in [1.54, 1.807) is 6.07 Å². The first-order valence-corrected chi connectivity index (χ1v) is 11.8. The molecule has 1 amide bonds. The number of aromatic nitrogens is 1. The van der Waals surface area contributed by atoms with Crippen LogP contribution in [0, 0.1) is 5.92 Å². The lowest BCUT2D eigenvalue weighted by Crippen LogP contribution is -2.47. The number of rotatable bonds is 3. The average Bonchev–Trinajstić information content (AvgIpc) is 3.22. The van der Waals surface area contributed by atoms with Crippen molar-refractivity contribution < 1.29 is 9.53 Å². The Balaban J connectivity index is 0.00000137. The molecule has 184 valence electrons. The number of halogens is 2. The van der Waals surface area contributed by atoms with Crippen LogP contribution in [0.2, 0.25) is 0 Å². The average molecular weight is 507 g/mol. The normalized spacial score (nSPS) is 29.7. The number of fused-ring (bicyclic) bond motifs is 5. The Kier molecular flexibility index (Phi) is 7.69. The van der Waals surface area contributed by atoms with E-state index in [9.17, 15) is 9.59 Å². The number of nitrogens with zero attached hydrogens (tertiary/aromatic N) is 2. The summed E-state index contributed by atoms with van der Waals surface area (Å²) >= 11 is 0. The maximum Gasteiger partial charge on any atom is 0.263 e. The minimum Gasteiger partial charge on any atom is -0.371 e. The lowest BCUT2D eigenvalue weighted by atomic mass is 9.84. The van der Waals surface area contributed by atoms with Gasteiger partial charge in [0.05, 0.1) is 12.7 Å². The van der Waals surface area contributed by atoms with Crippen LogP contribution in [0.15, 0.2) is 47.3 Å². The molecule has 0 radical (unpaired) electrons. The summed E-state index contributed by atoms with van der Waals surface area (Å²) in [4.78, 5) is 28.6. The van der Waals surface area contributed by atoms with Crippen molar-refractivity contribution in [3.63, 3.8) is 0 Å². The molecule has 7 nitrogen and oxygen atoms in total. The predicted molar refractivity (Wildman–Crippen MR) is 135 cm³/mol. The lowest BCUT2D eigenvalue weighted by molar-refractivity contribution is -0.0502. The van der Waals surface area contributed by atoms with E-state index in [2.05, 4.69) is 27.7 Å². The molecule has 5 heterocycles. The van der Waals surface area contributed by atoms with E-state index in [4.69, 9.17) is 4.74 Å². The smallest absolute Gasteiger partial charge is 0.263 e. The van der Waals surface area contributed by atoms with Gasteiger partial charge in [-0.3, -0.25) is 14.5 Å². The van der Waals surface area contributed by atoms with Crippen LogP contribution in [0.25, 0.3) is 0 Å². The van der Waals surface area contributed by atoms with Gasteiger partial charge in [-0.1, -0.05) is 30.3 Å². The molecule has 4 aliphatic heterocycles. The standard InChI is InChI=1S/C25H30N4O3.2ClH/c30-24(21-6-7-22-18-8-16(10-26-11-18)12-29(22)25(21)31)27-19-9-20-15-32-23(14-28(20)13-19)17-4-2-1-3-5-17;;/h1-7,16,18-20,23,26H,8-15H2,(H,27,30);2*1H/t16-,18+,19+,20-,23+;;/m0../s1. The van der Waals surface area contributed by atoms with Gasteiger partial charge in [0.15, 0.2) is 0 Å². The summed E-state index contributed by atoms with van der Waals surface area (Å²) in [6, 6.07) is 14.4. The van der Waals surface area contributed by atoms with E-state index in [1.807, 2.05) is 28.8 Å². The summed E-state index contributed by atoms with van der Waals surface area (Å²) in [5, 5.41) is 6.60. The monoisotopic (exact) mass is 506 g/mol. The van der Waals surface area contributed by atoms with Crippen LogP contribution in [0.5, 0.6) is 0 Å². The third-order valence-corrected chi connectivity index (χ3v) is 7.68. The fourth-order valence-electron chi connectivity index (χ4n) is 6.07. The molecule has 2 aromatic rings. The fraction of sp³-hybridized carbons (Fsp3) is 0.520. The molecule has 2 bridgehead atoms. The Morgan fingerprint density at radius 1 is 1.00 bits per heavy atom. The first-order chi connectivity index (χ1) is 15.7. The van der Waals surface area contributed by atoms with E-state index in [0.29, 0.717) is 31.0 Å². The second-order valence-electron chi connectivity index (χ2n) is 9.79. The number of morpholine rings is 1. The van der Waals surface area contributed by atoms with Crippen LogP contribution in [0.4, 0.5) is 0 Å². The highest BCUT2D eigenvalue weighted by atomic mass is 35.5. The fourth-order valence-corrected chi connectivity index (χ4v) is 6.07. The Morgan fingerprint density at radius 3 is 2.65 bits per heavy atom. The zero-order chi connectivity index (χ0) is 21.7. The number of pyridine rings is 1. The third-order valence-electron chi connectivity index (χ3n) is 7.68. The van der Waals surface area contributed by atoms with Gasteiger partial charge in [-0.05, 0) is 43.0 Å². The van der Waals surface area contributed by atoms with Crippen LogP contribution in [-0.4, -0.2) is 60.2 Å². The maximum atomic E-state index is 13.2. The summed E-state index contributed by atoms with van der Waals surface area (Å²) in [6.45, 7) is 4.86. The summed E-state index contributed by atoms with van der Waals surface area (Å²) in [6.07, 6.45) is 2.06. The highest BCUT2D eigenvalue weighted by Crippen LogP contribution is 2.32. The number of carbonyl (C=O) groups is 1. The van der Waals surface area contributed by atoms with Crippen molar-refractivity contribution in [1.29, 1.82) is 0 Å². The molecule has 9 heteroatoms. The van der Waals surface area contributed by atoms with Gasteiger partial charge in [-0.2, -0.15) is 0 Å². The van der Waals surface area contributed by atoms with Crippen molar-refractivity contribution in [3.8, 4) is 0 Å². The molecule has 0 spiro atoms. The van der Waals surface area contributed by atoms with E-state index in [-0.39, 0.29) is 54.0 Å². The zero-order valence-electron chi connectivity index (χ0n) is 19.0. The van der Waals surface area contributed by atoms with Crippen LogP contribution in [0.3, 0.4) is 0 Å². The van der Waals surface area contributed by atoms with E-state index in [1.165, 1.54) is 5.56 Å². The Labute approximate surface area is 212 Å². The van der Waals surface area contributed by atoms with Crippen LogP contribution in [-0.2, 0) is 11.3 Å². The Morgan fingerprint density at radius 2 is 1.82 bits per heavy atom. The summed E-state index contributed by atoms with van der Waals surface area (Å²) in [5.74, 6) is 0.598. The molecule has 5 atom stereocenters. The molecule has 0 aliphatic carbocycles. The van der Waals surface area contributed by atoms with Crippen molar-refractivity contribution >= 4 is 30.7 Å². The largest absolute Gasteiger partial charge is 0.371 e. The number of hydrogen-bond donors (Lipinski definition) is 2. The Hall–Kier alpha value is -1.90. The number of nitrogens with one attached hydrogen (secondary N) is 2. The van der Waals surface area contributed by atoms with Gasteiger partial charge in [-0.15, -0.1) is 24.8 Å². The van der Waals surface area contributed by atoms with Gasteiger partial charge in [0.1, 0.15) is 5.56 Å². The molecule has 3 saturated heterocycles. The van der Waals surface area contributed by atoms with Crippen molar-refractivity contribution in [3.05, 3.63) is 69.6 Å². The number of carbonyl (C=O) groups excluding carboxylic acids is 1. The van der Waals surface area contributed by atoms with Crippen LogP contribution < -0.4 is 16.2 Å².